The first kappa shape index (κ1) is 21.7. The summed E-state index contributed by atoms with van der Waals surface area (Å²) in [4.78, 5) is 15.7. The third-order valence-corrected chi connectivity index (χ3v) is 6.15. The fourth-order valence-corrected chi connectivity index (χ4v) is 4.03. The molecular weight excluding hydrogens is 396 g/mol. The van der Waals surface area contributed by atoms with Gasteiger partial charge in [-0.3, -0.25) is 9.12 Å². The number of nitrogens with zero attached hydrogens (tertiary/aromatic N) is 5. The average Bonchev–Trinajstić information content (AvgIpc) is 3.23. The number of aryl methyl sites for hydroxylation is 1. The molecule has 11 heteroatoms. The Bertz CT molecular complexity index is 945. The van der Waals surface area contributed by atoms with Gasteiger partial charge in [-0.1, -0.05) is 0 Å². The van der Waals surface area contributed by atoms with Crippen molar-refractivity contribution in [3.8, 4) is 0 Å². The molecule has 10 nitrogen and oxygen atoms in total. The van der Waals surface area contributed by atoms with Gasteiger partial charge in [-0.2, -0.15) is 8.42 Å². The fraction of sp³-hybridized carbons (Fsp3) is 0.722. The van der Waals surface area contributed by atoms with E-state index in [1.54, 1.807) is 6.33 Å². The minimum Gasteiger partial charge on any atom is -0.378 e. The molecule has 2 aromatic heterocycles. The van der Waals surface area contributed by atoms with Gasteiger partial charge in [0.25, 0.3) is 10.1 Å². The lowest BCUT2D eigenvalue weighted by molar-refractivity contribution is 0.0585. The Morgan fingerprint density at radius 1 is 1.38 bits per heavy atom. The second-order valence-electron chi connectivity index (χ2n) is 7.86. The van der Waals surface area contributed by atoms with Gasteiger partial charge in [0, 0.05) is 32.8 Å². The first-order valence-electron chi connectivity index (χ1n) is 9.89. The van der Waals surface area contributed by atoms with Crippen molar-refractivity contribution in [2.24, 2.45) is 7.05 Å². The molecule has 1 aliphatic rings. The fourth-order valence-electron chi connectivity index (χ4n) is 3.55. The Kier molecular flexibility index (Phi) is 6.59. The second-order valence-corrected chi connectivity index (χ2v) is 9.43. The highest BCUT2D eigenvalue weighted by Gasteiger charge is 2.27. The van der Waals surface area contributed by atoms with Gasteiger partial charge in [-0.05, 0) is 39.5 Å². The Balaban J connectivity index is 1.63. The molecule has 0 amide bonds. The Morgan fingerprint density at radius 3 is 2.83 bits per heavy atom. The van der Waals surface area contributed by atoms with Crippen molar-refractivity contribution < 1.29 is 17.7 Å². The molecule has 0 radical (unpaired) electrons. The molecule has 3 rings (SSSR count). The molecule has 162 valence electrons. The van der Waals surface area contributed by atoms with Crippen molar-refractivity contribution in [1.82, 2.24) is 19.5 Å². The summed E-state index contributed by atoms with van der Waals surface area (Å²) in [5.41, 5.74) is 1.52. The van der Waals surface area contributed by atoms with Gasteiger partial charge in [0.05, 0.1) is 11.9 Å². The molecule has 2 unspecified atom stereocenters. The summed E-state index contributed by atoms with van der Waals surface area (Å²) in [7, 11) is 0.0337. The lowest BCUT2D eigenvalue weighted by Gasteiger charge is -2.22. The van der Waals surface area contributed by atoms with Gasteiger partial charge in [-0.15, -0.1) is 0 Å². The molecule has 2 heterocycles. The zero-order valence-electron chi connectivity index (χ0n) is 17.4. The number of ether oxygens (including phenoxy) is 1. The van der Waals surface area contributed by atoms with Crippen LogP contribution in [-0.4, -0.2) is 70.1 Å². The predicted octanol–water partition coefficient (Wildman–Crippen LogP) is 1.84. The standard InChI is InChI=1S/C18H30N6O4S/c1-12(2)23(3)18-22-15-16(19-11-20-17(15)24(18)4)21-13-6-7-14(10-13)28-8-5-9-29(25,26)27/h11-14H,5-10H2,1-4H3,(H,19,20,21)(H,25,26,27). The first-order valence-corrected chi connectivity index (χ1v) is 11.5. The lowest BCUT2D eigenvalue weighted by Crippen LogP contribution is -2.28. The summed E-state index contributed by atoms with van der Waals surface area (Å²) in [5, 5.41) is 3.48. The number of hydrogen-bond acceptors (Lipinski definition) is 8. The van der Waals surface area contributed by atoms with Crippen molar-refractivity contribution in [3.05, 3.63) is 6.33 Å². The summed E-state index contributed by atoms with van der Waals surface area (Å²) in [6.07, 6.45) is 4.53. The number of fused-ring (bicyclic) bond motifs is 1. The zero-order chi connectivity index (χ0) is 21.2. The molecule has 0 aromatic carbocycles. The van der Waals surface area contributed by atoms with Crippen molar-refractivity contribution in [1.29, 1.82) is 0 Å². The van der Waals surface area contributed by atoms with Crippen molar-refractivity contribution >= 4 is 33.0 Å². The van der Waals surface area contributed by atoms with Crippen LogP contribution in [0.4, 0.5) is 11.8 Å². The molecule has 29 heavy (non-hydrogen) atoms. The monoisotopic (exact) mass is 426 g/mol. The van der Waals surface area contributed by atoms with Crippen LogP contribution in [0.5, 0.6) is 0 Å². The summed E-state index contributed by atoms with van der Waals surface area (Å²) in [6, 6.07) is 0.511. The van der Waals surface area contributed by atoms with Gasteiger partial charge in [0.2, 0.25) is 5.95 Å². The lowest BCUT2D eigenvalue weighted by atomic mass is 10.2. The topological polar surface area (TPSA) is 122 Å². The van der Waals surface area contributed by atoms with Crippen molar-refractivity contribution in [2.45, 2.75) is 57.7 Å². The van der Waals surface area contributed by atoms with Crippen LogP contribution in [0.25, 0.3) is 11.2 Å². The van der Waals surface area contributed by atoms with E-state index in [1.165, 1.54) is 0 Å². The summed E-state index contributed by atoms with van der Waals surface area (Å²) in [6.45, 7) is 4.54. The quantitative estimate of drug-likeness (QED) is 0.457. The number of aromatic nitrogens is 4. The zero-order valence-corrected chi connectivity index (χ0v) is 18.2. The van der Waals surface area contributed by atoms with E-state index in [4.69, 9.17) is 14.3 Å². The van der Waals surface area contributed by atoms with Crippen LogP contribution in [-0.2, 0) is 21.9 Å². The van der Waals surface area contributed by atoms with Crippen LogP contribution in [0.15, 0.2) is 6.33 Å². The molecule has 1 fully saturated rings. The van der Waals surface area contributed by atoms with Gasteiger partial charge < -0.3 is 15.0 Å². The summed E-state index contributed by atoms with van der Waals surface area (Å²) in [5.74, 6) is 1.28. The average molecular weight is 427 g/mol. The highest BCUT2D eigenvalue weighted by Crippen LogP contribution is 2.29. The Labute approximate surface area is 171 Å². The maximum Gasteiger partial charge on any atom is 0.264 e. The smallest absolute Gasteiger partial charge is 0.264 e. The molecular formula is C18H30N6O4S. The number of imidazole rings is 1. The van der Waals surface area contributed by atoms with Crippen LogP contribution < -0.4 is 10.2 Å². The molecule has 1 aliphatic carbocycles. The first-order chi connectivity index (χ1) is 13.7. The van der Waals surface area contributed by atoms with E-state index in [2.05, 4.69) is 34.0 Å². The van der Waals surface area contributed by atoms with Crippen LogP contribution in [0.1, 0.15) is 39.5 Å². The normalized spacial score (nSPS) is 19.9. The maximum atomic E-state index is 10.8. The van der Waals surface area contributed by atoms with Gasteiger partial charge in [-0.25, -0.2) is 15.0 Å². The van der Waals surface area contributed by atoms with E-state index < -0.39 is 10.1 Å². The molecule has 0 bridgehead atoms. The number of rotatable bonds is 9. The SMILES string of the molecule is CC(C)N(C)c1nc2c(NC3CCC(OCCCS(=O)(=O)O)C3)ncnc2n1C. The predicted molar refractivity (Wildman–Crippen MR) is 112 cm³/mol. The minimum absolute atomic E-state index is 0.0672. The molecule has 0 saturated heterocycles. The van der Waals surface area contributed by atoms with E-state index in [1.807, 2.05) is 18.7 Å². The van der Waals surface area contributed by atoms with E-state index in [0.29, 0.717) is 24.9 Å². The minimum atomic E-state index is -3.92. The largest absolute Gasteiger partial charge is 0.378 e. The van der Waals surface area contributed by atoms with Gasteiger partial charge in [0.1, 0.15) is 6.33 Å². The highest BCUT2D eigenvalue weighted by molar-refractivity contribution is 7.85. The summed E-state index contributed by atoms with van der Waals surface area (Å²) >= 11 is 0. The van der Waals surface area contributed by atoms with Crippen LogP contribution in [0, 0.1) is 0 Å². The highest BCUT2D eigenvalue weighted by atomic mass is 32.2. The maximum absolute atomic E-state index is 10.8. The third kappa shape index (κ3) is 5.34. The molecule has 1 saturated carbocycles. The molecule has 2 aromatic rings. The molecule has 0 spiro atoms. The van der Waals surface area contributed by atoms with Gasteiger partial charge >= 0.3 is 0 Å². The third-order valence-electron chi connectivity index (χ3n) is 5.35. The van der Waals surface area contributed by atoms with Crippen molar-refractivity contribution in [3.63, 3.8) is 0 Å². The van der Waals surface area contributed by atoms with Gasteiger partial charge in [0.15, 0.2) is 17.0 Å². The van der Waals surface area contributed by atoms with Crippen LogP contribution in [0.3, 0.4) is 0 Å². The Hall–Kier alpha value is -1.98. The Morgan fingerprint density at radius 2 is 2.14 bits per heavy atom. The molecule has 0 aliphatic heterocycles. The van der Waals surface area contributed by atoms with E-state index in [0.717, 1.165) is 36.4 Å². The van der Waals surface area contributed by atoms with Crippen LogP contribution in [0.2, 0.25) is 0 Å². The number of hydrogen-bond donors (Lipinski definition) is 2. The summed E-state index contributed by atoms with van der Waals surface area (Å²) < 4.78 is 38.0. The van der Waals surface area contributed by atoms with E-state index in [9.17, 15) is 8.42 Å². The second kappa shape index (κ2) is 8.80. The molecule has 2 N–H and O–H groups in total. The van der Waals surface area contributed by atoms with E-state index in [-0.39, 0.29) is 17.9 Å². The number of nitrogens with one attached hydrogen (secondary N) is 1. The van der Waals surface area contributed by atoms with Crippen LogP contribution >= 0.6 is 0 Å². The number of anilines is 2. The van der Waals surface area contributed by atoms with E-state index >= 15 is 0 Å². The van der Waals surface area contributed by atoms with Crippen molar-refractivity contribution in [2.75, 3.05) is 29.6 Å². The molecule has 2 atom stereocenters.